The van der Waals surface area contributed by atoms with Crippen LogP contribution in [-0.4, -0.2) is 50.7 Å². The molecule has 0 unspecified atom stereocenters. The third-order valence-electron chi connectivity index (χ3n) is 6.73. The second kappa shape index (κ2) is 9.35. The molecule has 3 aromatic carbocycles. The van der Waals surface area contributed by atoms with Crippen molar-refractivity contribution in [2.24, 2.45) is 5.92 Å². The zero-order valence-electron chi connectivity index (χ0n) is 19.4. The van der Waals surface area contributed by atoms with Gasteiger partial charge in [-0.25, -0.2) is 0 Å². The van der Waals surface area contributed by atoms with Gasteiger partial charge in [-0.2, -0.15) is 0 Å². The summed E-state index contributed by atoms with van der Waals surface area (Å²) in [5.74, 6) is 1.46. The smallest absolute Gasteiger partial charge is 0.256 e. The van der Waals surface area contributed by atoms with Crippen molar-refractivity contribution in [2.75, 3.05) is 39.3 Å². The van der Waals surface area contributed by atoms with E-state index in [1.165, 1.54) is 0 Å². The summed E-state index contributed by atoms with van der Waals surface area (Å²) in [5.41, 5.74) is 2.54. The quantitative estimate of drug-likeness (QED) is 0.587. The zero-order valence-corrected chi connectivity index (χ0v) is 19.4. The molecule has 0 radical (unpaired) electrons. The van der Waals surface area contributed by atoms with Gasteiger partial charge in [-0.3, -0.25) is 9.59 Å². The first-order valence-electron chi connectivity index (χ1n) is 11.5. The van der Waals surface area contributed by atoms with Crippen LogP contribution in [-0.2, 0) is 11.3 Å². The van der Waals surface area contributed by atoms with Crippen molar-refractivity contribution in [2.45, 2.75) is 19.4 Å². The molecule has 5 rings (SSSR count). The lowest BCUT2D eigenvalue weighted by Crippen LogP contribution is -2.32. The minimum atomic E-state index is -0.287. The third-order valence-corrected chi connectivity index (χ3v) is 6.73. The Balaban J connectivity index is 1.43. The molecule has 2 aliphatic rings. The fourth-order valence-corrected chi connectivity index (χ4v) is 4.90. The summed E-state index contributed by atoms with van der Waals surface area (Å²) in [4.78, 5) is 28.6. The van der Waals surface area contributed by atoms with Gasteiger partial charge in [-0.05, 0) is 60.7 Å². The number of hydrogen-bond donors (Lipinski definition) is 1. The number of carbonyl (C=O) groups excluding carboxylic acids is 2. The van der Waals surface area contributed by atoms with E-state index < -0.39 is 0 Å². The Morgan fingerprint density at radius 2 is 1.88 bits per heavy atom. The van der Waals surface area contributed by atoms with Gasteiger partial charge in [0, 0.05) is 42.6 Å². The number of ether oxygens (including phenoxy) is 3. The molecular weight excluding hydrogens is 432 g/mol. The second-order valence-electron chi connectivity index (χ2n) is 8.76. The summed E-state index contributed by atoms with van der Waals surface area (Å²) >= 11 is 0. The minimum absolute atomic E-state index is 0.0290. The van der Waals surface area contributed by atoms with E-state index in [0.717, 1.165) is 42.4 Å². The SMILES string of the molecule is COc1ccc2c(OC)ccc(C(=O)Nc3cccc4c3C(=O)N(CC3CCOCC3)C4)c2c1. The largest absolute Gasteiger partial charge is 0.497 e. The molecule has 0 bridgehead atoms. The van der Waals surface area contributed by atoms with E-state index in [2.05, 4.69) is 5.32 Å². The van der Waals surface area contributed by atoms with Crippen LogP contribution in [0.25, 0.3) is 10.8 Å². The zero-order chi connectivity index (χ0) is 23.7. The molecule has 2 amide bonds. The molecule has 176 valence electrons. The molecule has 1 N–H and O–H groups in total. The predicted molar refractivity (Wildman–Crippen MR) is 130 cm³/mol. The molecule has 2 heterocycles. The Kier molecular flexibility index (Phi) is 6.11. The molecule has 1 fully saturated rings. The number of nitrogens with zero attached hydrogens (tertiary/aromatic N) is 1. The average molecular weight is 461 g/mol. The first kappa shape index (κ1) is 22.2. The van der Waals surface area contributed by atoms with Gasteiger partial charge in [0.05, 0.1) is 25.5 Å². The normalized spacial score (nSPS) is 15.9. The van der Waals surface area contributed by atoms with Crippen molar-refractivity contribution in [3.63, 3.8) is 0 Å². The summed E-state index contributed by atoms with van der Waals surface area (Å²) in [7, 11) is 3.19. The molecule has 0 saturated carbocycles. The highest BCUT2D eigenvalue weighted by molar-refractivity contribution is 6.16. The molecule has 0 aliphatic carbocycles. The maximum atomic E-state index is 13.4. The van der Waals surface area contributed by atoms with E-state index in [1.807, 2.05) is 35.2 Å². The fraction of sp³-hybridized carbons (Fsp3) is 0.333. The lowest BCUT2D eigenvalue weighted by Gasteiger charge is -2.26. The molecule has 1 saturated heterocycles. The topological polar surface area (TPSA) is 77.1 Å². The van der Waals surface area contributed by atoms with Crippen molar-refractivity contribution < 1.29 is 23.8 Å². The Hall–Kier alpha value is -3.58. The van der Waals surface area contributed by atoms with Crippen molar-refractivity contribution in [1.82, 2.24) is 4.90 Å². The van der Waals surface area contributed by atoms with Crippen molar-refractivity contribution in [3.8, 4) is 11.5 Å². The van der Waals surface area contributed by atoms with Crippen LogP contribution in [0.4, 0.5) is 5.69 Å². The summed E-state index contributed by atoms with van der Waals surface area (Å²) < 4.78 is 16.3. The minimum Gasteiger partial charge on any atom is -0.497 e. The van der Waals surface area contributed by atoms with E-state index in [1.54, 1.807) is 32.4 Å². The van der Waals surface area contributed by atoms with Crippen molar-refractivity contribution >= 4 is 28.3 Å². The molecular formula is C27H28N2O5. The van der Waals surface area contributed by atoms with E-state index in [-0.39, 0.29) is 11.8 Å². The maximum absolute atomic E-state index is 13.4. The highest BCUT2D eigenvalue weighted by Crippen LogP contribution is 2.34. The number of benzene rings is 3. The van der Waals surface area contributed by atoms with Crippen LogP contribution >= 0.6 is 0 Å². The Labute approximate surface area is 198 Å². The highest BCUT2D eigenvalue weighted by atomic mass is 16.5. The van der Waals surface area contributed by atoms with Gasteiger partial charge in [0.25, 0.3) is 11.8 Å². The van der Waals surface area contributed by atoms with Crippen LogP contribution in [0.3, 0.4) is 0 Å². The van der Waals surface area contributed by atoms with Crippen molar-refractivity contribution in [3.05, 3.63) is 65.2 Å². The average Bonchev–Trinajstić information content (AvgIpc) is 3.19. The summed E-state index contributed by atoms with van der Waals surface area (Å²) in [6, 6.07) is 14.7. The molecule has 0 spiro atoms. The summed E-state index contributed by atoms with van der Waals surface area (Å²) in [6.07, 6.45) is 1.94. The molecule has 0 atom stereocenters. The standard InChI is InChI=1S/C27H28N2O5/c1-32-19-6-7-20-22(14-19)21(8-9-24(20)33-2)26(30)28-23-5-3-4-18-16-29(27(31)25(18)23)15-17-10-12-34-13-11-17/h3-9,14,17H,10-13,15-16H2,1-2H3,(H,28,30). The van der Waals surface area contributed by atoms with Crippen LogP contribution in [0.5, 0.6) is 11.5 Å². The molecule has 0 aromatic heterocycles. The lowest BCUT2D eigenvalue weighted by atomic mass is 10.00. The molecule has 2 aliphatic heterocycles. The number of hydrogen-bond acceptors (Lipinski definition) is 5. The van der Waals surface area contributed by atoms with Gasteiger partial charge in [-0.1, -0.05) is 12.1 Å². The van der Waals surface area contributed by atoms with E-state index in [4.69, 9.17) is 14.2 Å². The van der Waals surface area contributed by atoms with Gasteiger partial charge in [-0.15, -0.1) is 0 Å². The molecule has 7 nitrogen and oxygen atoms in total. The van der Waals surface area contributed by atoms with Gasteiger partial charge in [0.2, 0.25) is 0 Å². The first-order chi connectivity index (χ1) is 16.6. The maximum Gasteiger partial charge on any atom is 0.256 e. The predicted octanol–water partition coefficient (Wildman–Crippen LogP) is 4.49. The highest BCUT2D eigenvalue weighted by Gasteiger charge is 2.32. The summed E-state index contributed by atoms with van der Waals surface area (Å²) in [5, 5.41) is 4.52. The second-order valence-corrected chi connectivity index (χ2v) is 8.76. The fourth-order valence-electron chi connectivity index (χ4n) is 4.90. The van der Waals surface area contributed by atoms with Crippen LogP contribution in [0.2, 0.25) is 0 Å². The number of nitrogens with one attached hydrogen (secondary N) is 1. The van der Waals surface area contributed by atoms with Gasteiger partial charge < -0.3 is 24.4 Å². The molecule has 3 aromatic rings. The van der Waals surface area contributed by atoms with Crippen LogP contribution in [0, 0.1) is 5.92 Å². The number of anilines is 1. The number of amides is 2. The Morgan fingerprint density at radius 3 is 2.65 bits per heavy atom. The number of methoxy groups -OCH3 is 2. The molecule has 34 heavy (non-hydrogen) atoms. The Morgan fingerprint density at radius 1 is 1.06 bits per heavy atom. The monoisotopic (exact) mass is 460 g/mol. The Bertz CT molecular complexity index is 1250. The lowest BCUT2D eigenvalue weighted by molar-refractivity contribution is 0.0469. The van der Waals surface area contributed by atoms with Crippen molar-refractivity contribution in [1.29, 1.82) is 0 Å². The van der Waals surface area contributed by atoms with Crippen LogP contribution in [0.1, 0.15) is 39.1 Å². The van der Waals surface area contributed by atoms with Crippen LogP contribution < -0.4 is 14.8 Å². The molecule has 7 heteroatoms. The number of fused-ring (bicyclic) bond motifs is 2. The van der Waals surface area contributed by atoms with E-state index in [9.17, 15) is 9.59 Å². The van der Waals surface area contributed by atoms with E-state index in [0.29, 0.717) is 47.3 Å². The summed E-state index contributed by atoms with van der Waals surface area (Å²) in [6.45, 7) is 2.79. The first-order valence-corrected chi connectivity index (χ1v) is 11.5. The third kappa shape index (κ3) is 4.07. The number of rotatable bonds is 6. The van der Waals surface area contributed by atoms with Crippen LogP contribution in [0.15, 0.2) is 48.5 Å². The van der Waals surface area contributed by atoms with Gasteiger partial charge >= 0.3 is 0 Å². The van der Waals surface area contributed by atoms with E-state index >= 15 is 0 Å². The number of carbonyl (C=O) groups is 2. The van der Waals surface area contributed by atoms with Gasteiger partial charge in [0.15, 0.2) is 0 Å². The van der Waals surface area contributed by atoms with Gasteiger partial charge in [0.1, 0.15) is 11.5 Å².